The van der Waals surface area contributed by atoms with E-state index >= 15 is 0 Å². The number of nitrogens with one attached hydrogen (secondary N) is 4. The quantitative estimate of drug-likeness (QED) is 0.595. The van der Waals surface area contributed by atoms with Gasteiger partial charge in [-0.25, -0.2) is 4.79 Å². The molecule has 0 atom stereocenters. The predicted octanol–water partition coefficient (Wildman–Crippen LogP) is 3.46. The lowest BCUT2D eigenvalue weighted by Crippen LogP contribution is -2.20. The summed E-state index contributed by atoms with van der Waals surface area (Å²) in [5, 5.41) is 20.7. The van der Waals surface area contributed by atoms with Gasteiger partial charge in [-0.15, -0.1) is 0 Å². The largest absolute Gasteiger partial charge is 0.323 e. The molecule has 4 N–H and O–H groups in total. The van der Waals surface area contributed by atoms with Crippen molar-refractivity contribution in [3.05, 3.63) is 35.2 Å². The Morgan fingerprint density at radius 3 is 2.73 bits per heavy atom. The Morgan fingerprint density at radius 2 is 1.91 bits per heavy atom. The van der Waals surface area contributed by atoms with E-state index in [1.807, 2.05) is 0 Å². The first-order valence-corrected chi connectivity index (χ1v) is 7.33. The topological polar surface area (TPSA) is 98.5 Å². The van der Waals surface area contributed by atoms with Gasteiger partial charge in [0.2, 0.25) is 0 Å². The second-order valence-corrected chi connectivity index (χ2v) is 5.71. The smallest absolute Gasteiger partial charge is 0.306 e. The number of halogens is 1. The van der Waals surface area contributed by atoms with E-state index in [2.05, 4.69) is 31.0 Å². The number of rotatable bonds is 3. The second-order valence-electron chi connectivity index (χ2n) is 5.30. The zero-order chi connectivity index (χ0) is 15.1. The van der Waals surface area contributed by atoms with Gasteiger partial charge in [0, 0.05) is 11.3 Å². The Labute approximate surface area is 130 Å². The highest BCUT2D eigenvalue weighted by Crippen LogP contribution is 2.42. The first-order valence-electron chi connectivity index (χ1n) is 6.95. The summed E-state index contributed by atoms with van der Waals surface area (Å²) in [5.41, 5.74) is 3.01. The van der Waals surface area contributed by atoms with Crippen LogP contribution in [0.3, 0.4) is 0 Å². The van der Waals surface area contributed by atoms with Crippen LogP contribution in [-0.4, -0.2) is 26.4 Å². The van der Waals surface area contributed by atoms with Gasteiger partial charge in [-0.1, -0.05) is 11.6 Å². The summed E-state index contributed by atoms with van der Waals surface area (Å²) in [6, 6.07) is 3.13. The third-order valence-electron chi connectivity index (χ3n) is 3.71. The molecule has 1 saturated carbocycles. The van der Waals surface area contributed by atoms with E-state index in [1.54, 1.807) is 24.5 Å². The number of anilines is 2. The fourth-order valence-electron chi connectivity index (χ4n) is 2.46. The van der Waals surface area contributed by atoms with Crippen LogP contribution in [0.15, 0.2) is 24.5 Å². The maximum Gasteiger partial charge on any atom is 0.323 e. The van der Waals surface area contributed by atoms with E-state index < -0.39 is 0 Å². The fourth-order valence-corrected chi connectivity index (χ4v) is 2.67. The number of hydrogen-bond donors (Lipinski definition) is 4. The lowest BCUT2D eigenvalue weighted by atomic mass is 10.2. The fraction of sp³-hybridized carbons (Fsp3) is 0.214. The summed E-state index contributed by atoms with van der Waals surface area (Å²) in [6.07, 6.45) is 5.51. The summed E-state index contributed by atoms with van der Waals surface area (Å²) < 4.78 is 0. The molecule has 7 nitrogen and oxygen atoms in total. The van der Waals surface area contributed by atoms with Gasteiger partial charge in [0.1, 0.15) is 0 Å². The molecule has 0 aliphatic heterocycles. The van der Waals surface area contributed by atoms with E-state index in [4.69, 9.17) is 11.6 Å². The Kier molecular flexibility index (Phi) is 3.00. The predicted molar refractivity (Wildman–Crippen MR) is 84.3 cm³/mol. The van der Waals surface area contributed by atoms with Crippen LogP contribution in [0.25, 0.3) is 10.9 Å². The minimum absolute atomic E-state index is 0.332. The number of fused-ring (bicyclic) bond motifs is 1. The summed E-state index contributed by atoms with van der Waals surface area (Å²) >= 11 is 6.08. The number of carbonyl (C=O) groups is 1. The molecule has 2 aromatic heterocycles. The summed E-state index contributed by atoms with van der Waals surface area (Å²) in [7, 11) is 0. The van der Waals surface area contributed by atoms with Crippen LogP contribution < -0.4 is 10.6 Å². The van der Waals surface area contributed by atoms with E-state index in [1.165, 1.54) is 0 Å². The van der Waals surface area contributed by atoms with Crippen molar-refractivity contribution in [2.45, 2.75) is 18.8 Å². The Hall–Kier alpha value is -2.54. The molecule has 3 aromatic rings. The van der Waals surface area contributed by atoms with Crippen molar-refractivity contribution in [2.24, 2.45) is 0 Å². The van der Waals surface area contributed by atoms with Crippen molar-refractivity contribution < 1.29 is 4.79 Å². The molecule has 22 heavy (non-hydrogen) atoms. The van der Waals surface area contributed by atoms with Gasteiger partial charge in [0.25, 0.3) is 0 Å². The number of amides is 2. The van der Waals surface area contributed by atoms with E-state index in [-0.39, 0.29) is 6.03 Å². The number of aromatic nitrogens is 4. The molecule has 4 rings (SSSR count). The van der Waals surface area contributed by atoms with Crippen LogP contribution in [0.2, 0.25) is 5.02 Å². The molecule has 0 spiro atoms. The van der Waals surface area contributed by atoms with Gasteiger partial charge in [-0.05, 0) is 25.0 Å². The van der Waals surface area contributed by atoms with Crippen LogP contribution >= 0.6 is 11.6 Å². The number of nitrogens with zero attached hydrogens (tertiary/aromatic N) is 2. The highest BCUT2D eigenvalue weighted by Gasteiger charge is 2.28. The molecule has 0 radical (unpaired) electrons. The van der Waals surface area contributed by atoms with Gasteiger partial charge in [-0.3, -0.25) is 10.2 Å². The van der Waals surface area contributed by atoms with Crippen LogP contribution in [-0.2, 0) is 0 Å². The van der Waals surface area contributed by atoms with Gasteiger partial charge >= 0.3 is 6.03 Å². The minimum atomic E-state index is -0.332. The van der Waals surface area contributed by atoms with E-state index in [9.17, 15) is 4.79 Å². The maximum atomic E-state index is 12.2. The lowest BCUT2D eigenvalue weighted by molar-refractivity contribution is 0.262. The van der Waals surface area contributed by atoms with Crippen molar-refractivity contribution in [3.63, 3.8) is 0 Å². The Morgan fingerprint density at radius 1 is 1.14 bits per heavy atom. The van der Waals surface area contributed by atoms with Crippen molar-refractivity contribution in [1.29, 1.82) is 0 Å². The van der Waals surface area contributed by atoms with E-state index in [0.717, 1.165) is 29.6 Å². The zero-order valence-electron chi connectivity index (χ0n) is 11.5. The van der Waals surface area contributed by atoms with Gasteiger partial charge in [-0.2, -0.15) is 10.2 Å². The highest BCUT2D eigenvalue weighted by atomic mass is 35.5. The first kappa shape index (κ1) is 13.1. The Bertz CT molecular complexity index is 850. The lowest BCUT2D eigenvalue weighted by Gasteiger charge is -2.08. The molecule has 2 heterocycles. The molecule has 1 aliphatic carbocycles. The molecule has 0 unspecified atom stereocenters. The van der Waals surface area contributed by atoms with Crippen LogP contribution in [0.5, 0.6) is 0 Å². The average Bonchev–Trinajstić information content (AvgIpc) is 3.03. The third-order valence-corrected chi connectivity index (χ3v) is 4.04. The van der Waals surface area contributed by atoms with E-state index in [0.29, 0.717) is 22.1 Å². The molecule has 8 heteroatoms. The number of H-pyrrole nitrogens is 2. The number of urea groups is 1. The van der Waals surface area contributed by atoms with Crippen LogP contribution in [0, 0.1) is 0 Å². The average molecular weight is 317 g/mol. The minimum Gasteiger partial charge on any atom is -0.306 e. The van der Waals surface area contributed by atoms with Crippen LogP contribution in [0.1, 0.15) is 24.5 Å². The molecular formula is C14H13ClN6O. The molecule has 112 valence electrons. The molecule has 1 aliphatic rings. The molecule has 2 amide bonds. The molecule has 1 fully saturated rings. The number of hydrogen-bond acceptors (Lipinski definition) is 3. The van der Waals surface area contributed by atoms with Crippen molar-refractivity contribution >= 4 is 39.9 Å². The molecule has 0 saturated heterocycles. The monoisotopic (exact) mass is 316 g/mol. The second kappa shape index (κ2) is 5.03. The third kappa shape index (κ3) is 2.29. The van der Waals surface area contributed by atoms with Crippen molar-refractivity contribution in [3.8, 4) is 0 Å². The normalized spacial score (nSPS) is 14.2. The maximum absolute atomic E-state index is 12.2. The standard InChI is InChI=1S/C14H13ClN6O/c15-9-3-4-10(13-8(9)5-16-21-13)18-14(22)19-11-6-17-20-12(11)7-1-2-7/h3-7H,1-2H2,(H,16,21)(H,17,20)(H2,18,19,22). The van der Waals surface area contributed by atoms with Gasteiger partial charge < -0.3 is 10.6 Å². The number of benzene rings is 1. The highest BCUT2D eigenvalue weighted by molar-refractivity contribution is 6.36. The summed E-state index contributed by atoms with van der Waals surface area (Å²) in [6.45, 7) is 0. The first-order chi connectivity index (χ1) is 10.7. The molecular weight excluding hydrogens is 304 g/mol. The van der Waals surface area contributed by atoms with Gasteiger partial charge in [0.15, 0.2) is 0 Å². The van der Waals surface area contributed by atoms with Gasteiger partial charge in [0.05, 0.1) is 40.0 Å². The molecule has 1 aromatic carbocycles. The SMILES string of the molecule is O=C(Nc1cn[nH]c1C1CC1)Nc1ccc(Cl)c2cn[nH]c12. The Balaban J connectivity index is 1.55. The van der Waals surface area contributed by atoms with Crippen LogP contribution in [0.4, 0.5) is 16.2 Å². The summed E-state index contributed by atoms with van der Waals surface area (Å²) in [4.78, 5) is 12.2. The zero-order valence-corrected chi connectivity index (χ0v) is 12.2. The number of carbonyl (C=O) groups excluding carboxylic acids is 1. The van der Waals surface area contributed by atoms with Crippen molar-refractivity contribution in [1.82, 2.24) is 20.4 Å². The number of aromatic amines is 2. The van der Waals surface area contributed by atoms with Crippen molar-refractivity contribution in [2.75, 3.05) is 10.6 Å². The molecule has 0 bridgehead atoms. The summed E-state index contributed by atoms with van der Waals surface area (Å²) in [5.74, 6) is 0.479.